The molecule has 1 N–H and O–H groups in total. The maximum atomic E-state index is 11.7. The van der Waals surface area contributed by atoms with Gasteiger partial charge in [-0.2, -0.15) is 5.26 Å². The fraction of sp³-hybridized carbons (Fsp3) is 0.833. The Morgan fingerprint density at radius 3 is 2.65 bits per heavy atom. The summed E-state index contributed by atoms with van der Waals surface area (Å²) in [5.74, 6) is -0.209. The van der Waals surface area contributed by atoms with E-state index in [1.807, 2.05) is 13.0 Å². The van der Waals surface area contributed by atoms with E-state index in [-0.39, 0.29) is 5.91 Å². The van der Waals surface area contributed by atoms with Crippen LogP contribution in [0, 0.1) is 16.7 Å². The molecule has 0 aromatic heterocycles. The topological polar surface area (TPSA) is 71.4 Å². The molecule has 0 bridgehead atoms. The largest absolute Gasteiger partial charge is 0.382 e. The van der Waals surface area contributed by atoms with E-state index in [1.165, 1.54) is 0 Å². The van der Waals surface area contributed by atoms with Crippen LogP contribution in [0.1, 0.15) is 26.7 Å². The lowest BCUT2D eigenvalue weighted by Crippen LogP contribution is -2.38. The summed E-state index contributed by atoms with van der Waals surface area (Å²) in [5.41, 5.74) is -0.920. The number of hydrogen-bond donors (Lipinski definition) is 1. The molecule has 0 heterocycles. The summed E-state index contributed by atoms with van der Waals surface area (Å²) in [6.07, 6.45) is 1.25. The minimum atomic E-state index is -0.920. The van der Waals surface area contributed by atoms with E-state index >= 15 is 0 Å². The van der Waals surface area contributed by atoms with Crippen molar-refractivity contribution < 1.29 is 14.3 Å². The van der Waals surface area contributed by atoms with Crippen molar-refractivity contribution >= 4 is 5.91 Å². The van der Waals surface area contributed by atoms with Crippen LogP contribution < -0.4 is 5.32 Å². The zero-order valence-corrected chi connectivity index (χ0v) is 10.9. The number of carbonyl (C=O) groups excluding carboxylic acids is 1. The molecule has 0 radical (unpaired) electrons. The van der Waals surface area contributed by atoms with Crippen molar-refractivity contribution in [2.45, 2.75) is 26.7 Å². The average Bonchev–Trinajstić information content (AvgIpc) is 2.36. The molecule has 0 aromatic rings. The summed E-state index contributed by atoms with van der Waals surface area (Å²) in [4.78, 5) is 11.7. The summed E-state index contributed by atoms with van der Waals surface area (Å²) < 4.78 is 10.1. The van der Waals surface area contributed by atoms with Crippen LogP contribution in [0.2, 0.25) is 0 Å². The first-order valence-corrected chi connectivity index (χ1v) is 5.87. The third kappa shape index (κ3) is 6.25. The van der Waals surface area contributed by atoms with E-state index in [4.69, 9.17) is 14.7 Å². The van der Waals surface area contributed by atoms with Crippen molar-refractivity contribution in [3.05, 3.63) is 0 Å². The second-order valence-electron chi connectivity index (χ2n) is 4.01. The van der Waals surface area contributed by atoms with Crippen molar-refractivity contribution in [3.8, 4) is 6.07 Å². The normalized spacial score (nSPS) is 13.8. The maximum absolute atomic E-state index is 11.7. The average molecular weight is 242 g/mol. The first-order chi connectivity index (χ1) is 8.10. The van der Waals surface area contributed by atoms with Gasteiger partial charge >= 0.3 is 0 Å². The summed E-state index contributed by atoms with van der Waals surface area (Å²) >= 11 is 0. The molecule has 1 unspecified atom stereocenters. The Morgan fingerprint density at radius 2 is 2.12 bits per heavy atom. The lowest BCUT2D eigenvalue weighted by atomic mass is 9.88. The van der Waals surface area contributed by atoms with Gasteiger partial charge in [0.05, 0.1) is 19.3 Å². The van der Waals surface area contributed by atoms with Crippen LogP contribution in [0.3, 0.4) is 0 Å². The second kappa shape index (κ2) is 8.97. The number of amides is 1. The van der Waals surface area contributed by atoms with Crippen LogP contribution in [-0.4, -0.2) is 39.4 Å². The molecule has 0 aliphatic heterocycles. The van der Waals surface area contributed by atoms with E-state index in [2.05, 4.69) is 5.32 Å². The van der Waals surface area contributed by atoms with Crippen LogP contribution in [0.5, 0.6) is 0 Å². The number of carbonyl (C=O) groups is 1. The number of rotatable bonds is 9. The summed E-state index contributed by atoms with van der Waals surface area (Å²) in [6.45, 7) is 5.74. The number of nitrogens with zero attached hydrogens (tertiary/aromatic N) is 1. The zero-order valence-electron chi connectivity index (χ0n) is 10.9. The Balaban J connectivity index is 3.62. The van der Waals surface area contributed by atoms with E-state index in [1.54, 1.807) is 14.0 Å². The molecule has 1 atom stereocenters. The molecule has 0 fully saturated rings. The molecule has 0 saturated heterocycles. The first kappa shape index (κ1) is 15.9. The summed E-state index contributed by atoms with van der Waals surface area (Å²) in [6, 6.07) is 2.04. The van der Waals surface area contributed by atoms with Gasteiger partial charge in [0.15, 0.2) is 0 Å². The van der Waals surface area contributed by atoms with Crippen molar-refractivity contribution in [1.29, 1.82) is 5.26 Å². The molecular formula is C12H22N2O3. The number of nitrogens with one attached hydrogen (secondary N) is 1. The lowest BCUT2D eigenvalue weighted by molar-refractivity contribution is -0.127. The Morgan fingerprint density at radius 1 is 1.41 bits per heavy atom. The molecule has 0 aliphatic rings. The van der Waals surface area contributed by atoms with Crippen LogP contribution in [0.4, 0.5) is 0 Å². The number of methoxy groups -OCH3 is 1. The third-order valence-electron chi connectivity index (χ3n) is 2.64. The smallest absolute Gasteiger partial charge is 0.240 e. The molecule has 1 amide bonds. The molecule has 17 heavy (non-hydrogen) atoms. The minimum absolute atomic E-state index is 0.209. The molecule has 0 rings (SSSR count). The predicted octanol–water partition coefficient (Wildman–Crippen LogP) is 1.10. The van der Waals surface area contributed by atoms with Gasteiger partial charge in [-0.15, -0.1) is 0 Å². The summed E-state index contributed by atoms with van der Waals surface area (Å²) in [7, 11) is 1.62. The summed E-state index contributed by atoms with van der Waals surface area (Å²) in [5, 5.41) is 11.6. The second-order valence-corrected chi connectivity index (χ2v) is 4.01. The number of nitriles is 1. The van der Waals surface area contributed by atoms with Crippen molar-refractivity contribution in [2.24, 2.45) is 5.41 Å². The highest BCUT2D eigenvalue weighted by atomic mass is 16.5. The molecule has 0 saturated carbocycles. The standard InChI is InChI=1S/C12H22N2O3/c1-4-12(2,10-13)11(15)14-6-5-7-17-9-8-16-3/h4-9H2,1-3H3,(H,14,15). The van der Waals surface area contributed by atoms with E-state index in [0.29, 0.717) is 32.8 Å². The monoisotopic (exact) mass is 242 g/mol. The van der Waals surface area contributed by atoms with Gasteiger partial charge in [-0.05, 0) is 19.8 Å². The van der Waals surface area contributed by atoms with Crippen LogP contribution in [0.25, 0.3) is 0 Å². The fourth-order valence-corrected chi connectivity index (χ4v) is 1.11. The van der Waals surface area contributed by atoms with Crippen LogP contribution >= 0.6 is 0 Å². The number of hydrogen-bond acceptors (Lipinski definition) is 4. The van der Waals surface area contributed by atoms with Gasteiger partial charge in [-0.3, -0.25) is 4.79 Å². The molecule has 98 valence electrons. The quantitative estimate of drug-likeness (QED) is 0.614. The minimum Gasteiger partial charge on any atom is -0.382 e. The van der Waals surface area contributed by atoms with Crippen LogP contribution in [0.15, 0.2) is 0 Å². The van der Waals surface area contributed by atoms with Crippen LogP contribution in [-0.2, 0) is 14.3 Å². The highest BCUT2D eigenvalue weighted by molar-refractivity contribution is 5.84. The Bertz CT molecular complexity index is 263. The third-order valence-corrected chi connectivity index (χ3v) is 2.64. The molecule has 5 nitrogen and oxygen atoms in total. The van der Waals surface area contributed by atoms with Gasteiger partial charge in [0, 0.05) is 20.3 Å². The van der Waals surface area contributed by atoms with Gasteiger partial charge in [-0.25, -0.2) is 0 Å². The van der Waals surface area contributed by atoms with Gasteiger partial charge in [0.25, 0.3) is 0 Å². The molecular weight excluding hydrogens is 220 g/mol. The van der Waals surface area contributed by atoms with Crippen molar-refractivity contribution in [2.75, 3.05) is 33.5 Å². The highest BCUT2D eigenvalue weighted by Crippen LogP contribution is 2.19. The fourth-order valence-electron chi connectivity index (χ4n) is 1.11. The Labute approximate surface area is 103 Å². The van der Waals surface area contributed by atoms with Gasteiger partial charge in [-0.1, -0.05) is 6.92 Å². The van der Waals surface area contributed by atoms with Gasteiger partial charge in [0.1, 0.15) is 5.41 Å². The molecule has 0 spiro atoms. The highest BCUT2D eigenvalue weighted by Gasteiger charge is 2.30. The van der Waals surface area contributed by atoms with E-state index in [0.717, 1.165) is 6.42 Å². The SMILES string of the molecule is CCC(C)(C#N)C(=O)NCCCOCCOC. The zero-order chi connectivity index (χ0) is 13.1. The number of ether oxygens (including phenoxy) is 2. The van der Waals surface area contributed by atoms with Gasteiger partial charge in [0.2, 0.25) is 5.91 Å². The van der Waals surface area contributed by atoms with Gasteiger partial charge < -0.3 is 14.8 Å². The Kier molecular flexibility index (Phi) is 8.38. The predicted molar refractivity (Wildman–Crippen MR) is 64.3 cm³/mol. The van der Waals surface area contributed by atoms with E-state index in [9.17, 15) is 4.79 Å². The maximum Gasteiger partial charge on any atom is 0.240 e. The van der Waals surface area contributed by atoms with Crippen molar-refractivity contribution in [1.82, 2.24) is 5.32 Å². The molecule has 0 aliphatic carbocycles. The Hall–Kier alpha value is -1.12. The first-order valence-electron chi connectivity index (χ1n) is 5.87. The van der Waals surface area contributed by atoms with Crippen molar-refractivity contribution in [3.63, 3.8) is 0 Å². The lowest BCUT2D eigenvalue weighted by Gasteiger charge is -2.18. The molecule has 0 aromatic carbocycles. The molecule has 5 heteroatoms. The van der Waals surface area contributed by atoms with E-state index < -0.39 is 5.41 Å².